The number of rotatable bonds is 3. The quantitative estimate of drug-likeness (QED) is 0.807. The molecule has 0 amide bonds. The summed E-state index contributed by atoms with van der Waals surface area (Å²) in [5.74, 6) is 0.635. The molecule has 3 heteroatoms. The number of halogens is 2. The van der Waals surface area contributed by atoms with E-state index in [4.69, 9.17) is 0 Å². The first-order chi connectivity index (χ1) is 7.61. The minimum Gasteiger partial charge on any atom is -0.371 e. The number of hydrogen-bond donors (Lipinski definition) is 0. The van der Waals surface area contributed by atoms with E-state index in [1.807, 2.05) is 13.0 Å². The second-order valence-electron chi connectivity index (χ2n) is 4.61. The Morgan fingerprint density at radius 3 is 2.75 bits per heavy atom. The van der Waals surface area contributed by atoms with Gasteiger partial charge in [-0.1, -0.05) is 13.3 Å². The van der Waals surface area contributed by atoms with Crippen LogP contribution < -0.4 is 4.90 Å². The van der Waals surface area contributed by atoms with E-state index in [0.29, 0.717) is 4.47 Å². The zero-order valence-electron chi connectivity index (χ0n) is 9.76. The third-order valence-corrected chi connectivity index (χ3v) is 3.84. The first-order valence-electron chi connectivity index (χ1n) is 5.82. The highest BCUT2D eigenvalue weighted by Gasteiger charge is 2.27. The van der Waals surface area contributed by atoms with Gasteiger partial charge in [0, 0.05) is 18.8 Å². The van der Waals surface area contributed by atoms with Gasteiger partial charge in [0.2, 0.25) is 0 Å². The maximum Gasteiger partial charge on any atom is 0.139 e. The number of benzene rings is 1. The maximum atomic E-state index is 13.5. The Morgan fingerprint density at radius 2 is 2.12 bits per heavy atom. The molecule has 0 N–H and O–H groups in total. The Bertz CT molecular complexity index is 386. The van der Waals surface area contributed by atoms with Crippen LogP contribution >= 0.6 is 15.9 Å². The summed E-state index contributed by atoms with van der Waals surface area (Å²) in [5.41, 5.74) is 2.19. The van der Waals surface area contributed by atoms with Crippen LogP contribution in [0.5, 0.6) is 0 Å². The van der Waals surface area contributed by atoms with Crippen LogP contribution in [-0.4, -0.2) is 13.1 Å². The topological polar surface area (TPSA) is 3.24 Å². The molecule has 0 radical (unpaired) electrons. The average molecular weight is 286 g/mol. The van der Waals surface area contributed by atoms with Gasteiger partial charge in [0.05, 0.1) is 4.47 Å². The Balaban J connectivity index is 2.09. The third kappa shape index (κ3) is 2.24. The Labute approximate surface area is 105 Å². The Kier molecular flexibility index (Phi) is 3.53. The molecule has 0 aromatic heterocycles. The molecule has 0 unspecified atom stereocenters. The van der Waals surface area contributed by atoms with Crippen molar-refractivity contribution in [1.82, 2.24) is 0 Å². The molecule has 1 heterocycles. The lowest BCUT2D eigenvalue weighted by Gasteiger charge is -2.42. The van der Waals surface area contributed by atoms with Crippen LogP contribution in [0, 0.1) is 18.7 Å². The van der Waals surface area contributed by atoms with E-state index < -0.39 is 0 Å². The van der Waals surface area contributed by atoms with Gasteiger partial charge in [-0.2, -0.15) is 0 Å². The normalized spacial score (nSPS) is 16.4. The van der Waals surface area contributed by atoms with Gasteiger partial charge in [0.15, 0.2) is 0 Å². The van der Waals surface area contributed by atoms with Gasteiger partial charge in [-0.05, 0) is 52.9 Å². The highest BCUT2D eigenvalue weighted by Crippen LogP contribution is 2.32. The van der Waals surface area contributed by atoms with E-state index in [2.05, 4.69) is 27.8 Å². The van der Waals surface area contributed by atoms with Gasteiger partial charge in [0.1, 0.15) is 5.82 Å². The van der Waals surface area contributed by atoms with E-state index in [0.717, 1.165) is 30.3 Å². The molecule has 1 aliphatic rings. The second kappa shape index (κ2) is 4.74. The summed E-state index contributed by atoms with van der Waals surface area (Å²) >= 11 is 3.21. The molecule has 0 saturated carbocycles. The van der Waals surface area contributed by atoms with Crippen molar-refractivity contribution in [1.29, 1.82) is 0 Å². The summed E-state index contributed by atoms with van der Waals surface area (Å²) in [6.07, 6.45) is 2.53. The van der Waals surface area contributed by atoms with Crippen molar-refractivity contribution in [3.8, 4) is 0 Å². The second-order valence-corrected chi connectivity index (χ2v) is 5.47. The van der Waals surface area contributed by atoms with Gasteiger partial charge >= 0.3 is 0 Å². The molecule has 16 heavy (non-hydrogen) atoms. The summed E-state index contributed by atoms with van der Waals surface area (Å²) < 4.78 is 14.0. The van der Waals surface area contributed by atoms with Gasteiger partial charge in [-0.25, -0.2) is 4.39 Å². The van der Waals surface area contributed by atoms with Crippen molar-refractivity contribution in [2.75, 3.05) is 18.0 Å². The van der Waals surface area contributed by atoms with Crippen LogP contribution in [0.15, 0.2) is 16.6 Å². The zero-order chi connectivity index (χ0) is 11.7. The van der Waals surface area contributed by atoms with Gasteiger partial charge in [0.25, 0.3) is 0 Å². The molecule has 0 aliphatic carbocycles. The van der Waals surface area contributed by atoms with Gasteiger partial charge < -0.3 is 4.90 Å². The fourth-order valence-corrected chi connectivity index (χ4v) is 2.79. The lowest BCUT2D eigenvalue weighted by molar-refractivity contribution is 0.380. The molecule has 1 saturated heterocycles. The molecule has 88 valence electrons. The van der Waals surface area contributed by atoms with E-state index >= 15 is 0 Å². The fraction of sp³-hybridized carbons (Fsp3) is 0.538. The summed E-state index contributed by atoms with van der Waals surface area (Å²) in [5, 5.41) is 0. The molecule has 1 fully saturated rings. The van der Waals surface area contributed by atoms with Gasteiger partial charge in [-0.3, -0.25) is 0 Å². The molecular formula is C13H17BrFN. The van der Waals surface area contributed by atoms with Crippen molar-refractivity contribution >= 4 is 21.6 Å². The van der Waals surface area contributed by atoms with Crippen LogP contribution in [0.3, 0.4) is 0 Å². The molecule has 1 aliphatic heterocycles. The third-order valence-electron chi connectivity index (χ3n) is 3.23. The van der Waals surface area contributed by atoms with Crippen molar-refractivity contribution < 1.29 is 4.39 Å². The summed E-state index contributed by atoms with van der Waals surface area (Å²) in [4.78, 5) is 2.27. The van der Waals surface area contributed by atoms with Crippen LogP contribution in [-0.2, 0) is 0 Å². The lowest BCUT2D eigenvalue weighted by atomic mass is 9.93. The van der Waals surface area contributed by atoms with Crippen LogP contribution in [0.2, 0.25) is 0 Å². The predicted octanol–water partition coefficient (Wildman–Crippen LogP) is 4.13. The van der Waals surface area contributed by atoms with Crippen molar-refractivity contribution in [2.24, 2.45) is 5.92 Å². The zero-order valence-corrected chi connectivity index (χ0v) is 11.3. The Hall–Kier alpha value is -0.570. The Morgan fingerprint density at radius 1 is 1.44 bits per heavy atom. The van der Waals surface area contributed by atoms with Crippen molar-refractivity contribution in [3.05, 3.63) is 28.0 Å². The minimum atomic E-state index is -0.167. The van der Waals surface area contributed by atoms with E-state index in [-0.39, 0.29) is 5.82 Å². The lowest BCUT2D eigenvalue weighted by Crippen LogP contribution is -2.47. The predicted molar refractivity (Wildman–Crippen MR) is 69.4 cm³/mol. The number of nitrogens with zero attached hydrogens (tertiary/aromatic N) is 1. The van der Waals surface area contributed by atoms with E-state index in [9.17, 15) is 4.39 Å². The van der Waals surface area contributed by atoms with Crippen LogP contribution in [0.1, 0.15) is 25.3 Å². The van der Waals surface area contributed by atoms with Crippen molar-refractivity contribution in [2.45, 2.75) is 26.7 Å². The summed E-state index contributed by atoms with van der Waals surface area (Å²) in [7, 11) is 0. The highest BCUT2D eigenvalue weighted by molar-refractivity contribution is 9.10. The monoisotopic (exact) mass is 285 g/mol. The number of anilines is 1. The first-order valence-corrected chi connectivity index (χ1v) is 6.61. The molecule has 0 bridgehead atoms. The molecule has 1 nitrogen and oxygen atoms in total. The maximum absolute atomic E-state index is 13.5. The molecular weight excluding hydrogens is 269 g/mol. The smallest absolute Gasteiger partial charge is 0.139 e. The first kappa shape index (κ1) is 11.9. The molecule has 0 atom stereocenters. The standard InChI is InChI=1S/C13H17BrFN/c1-3-4-10-7-16(8-10)13-6-12(15)11(14)5-9(13)2/h5-6,10H,3-4,7-8H2,1-2H3. The minimum absolute atomic E-state index is 0.167. The molecule has 2 rings (SSSR count). The molecule has 0 spiro atoms. The van der Waals surface area contributed by atoms with Crippen LogP contribution in [0.4, 0.5) is 10.1 Å². The van der Waals surface area contributed by atoms with E-state index in [1.54, 1.807) is 6.07 Å². The van der Waals surface area contributed by atoms with Gasteiger partial charge in [-0.15, -0.1) is 0 Å². The summed E-state index contributed by atoms with van der Waals surface area (Å²) in [6, 6.07) is 3.50. The fourth-order valence-electron chi connectivity index (χ4n) is 2.33. The SMILES string of the molecule is CCCC1CN(c2cc(F)c(Br)cc2C)C1. The number of hydrogen-bond acceptors (Lipinski definition) is 1. The average Bonchev–Trinajstić information content (AvgIpc) is 2.17. The molecule has 1 aromatic carbocycles. The summed E-state index contributed by atoms with van der Waals surface area (Å²) in [6.45, 7) is 6.41. The number of aryl methyl sites for hydroxylation is 1. The van der Waals surface area contributed by atoms with Crippen molar-refractivity contribution in [3.63, 3.8) is 0 Å². The molecule has 1 aromatic rings. The highest BCUT2D eigenvalue weighted by atomic mass is 79.9. The van der Waals surface area contributed by atoms with E-state index in [1.165, 1.54) is 12.8 Å². The van der Waals surface area contributed by atoms with Crippen LogP contribution in [0.25, 0.3) is 0 Å². The largest absolute Gasteiger partial charge is 0.371 e.